The SMILES string of the molecule is CN(Cc1nccn1C)C(=O)NC[C@H]1CCN(C2CCCC2)C1. The maximum absolute atomic E-state index is 12.2. The summed E-state index contributed by atoms with van der Waals surface area (Å²) in [7, 11) is 3.77. The Kier molecular flexibility index (Phi) is 5.20. The third-order valence-corrected chi connectivity index (χ3v) is 5.35. The zero-order valence-electron chi connectivity index (χ0n) is 14.4. The van der Waals surface area contributed by atoms with Crippen molar-refractivity contribution >= 4 is 6.03 Å². The van der Waals surface area contributed by atoms with Gasteiger partial charge in [-0.15, -0.1) is 0 Å². The van der Waals surface area contributed by atoms with Gasteiger partial charge in [-0.3, -0.25) is 0 Å². The quantitative estimate of drug-likeness (QED) is 0.901. The minimum atomic E-state index is -0.00711. The van der Waals surface area contributed by atoms with Crippen LogP contribution in [0.3, 0.4) is 0 Å². The van der Waals surface area contributed by atoms with Crippen LogP contribution in [0.1, 0.15) is 37.9 Å². The number of aryl methyl sites for hydroxylation is 1. The minimum absolute atomic E-state index is 0.00711. The number of carbonyl (C=O) groups is 1. The Morgan fingerprint density at radius 3 is 2.87 bits per heavy atom. The van der Waals surface area contributed by atoms with Crippen LogP contribution in [0.5, 0.6) is 0 Å². The lowest BCUT2D eigenvalue weighted by molar-refractivity contribution is 0.202. The van der Waals surface area contributed by atoms with Crippen LogP contribution in [0, 0.1) is 5.92 Å². The molecular formula is C17H29N5O. The third-order valence-electron chi connectivity index (χ3n) is 5.35. The summed E-state index contributed by atoms with van der Waals surface area (Å²) in [5, 5.41) is 3.09. The first-order chi connectivity index (χ1) is 11.1. The van der Waals surface area contributed by atoms with Crippen molar-refractivity contribution in [2.75, 3.05) is 26.7 Å². The van der Waals surface area contributed by atoms with Gasteiger partial charge in [0, 0.05) is 45.6 Å². The predicted molar refractivity (Wildman–Crippen MR) is 90.0 cm³/mol. The molecule has 1 aromatic rings. The molecule has 2 aliphatic rings. The number of rotatable bonds is 5. The van der Waals surface area contributed by atoms with E-state index in [4.69, 9.17) is 0 Å². The van der Waals surface area contributed by atoms with Crippen molar-refractivity contribution in [3.05, 3.63) is 18.2 Å². The standard InChI is InChI=1S/C17H29N5O/c1-20-10-8-18-16(20)13-21(2)17(23)19-11-14-7-9-22(12-14)15-5-3-4-6-15/h8,10,14-15H,3-7,9,11-13H2,1-2H3,(H,19,23)/t14-/m1/s1. The number of hydrogen-bond donors (Lipinski definition) is 1. The fraction of sp³-hybridized carbons (Fsp3) is 0.765. The molecule has 23 heavy (non-hydrogen) atoms. The van der Waals surface area contributed by atoms with Crippen molar-refractivity contribution in [1.82, 2.24) is 24.7 Å². The van der Waals surface area contributed by atoms with Crippen LogP contribution >= 0.6 is 0 Å². The highest BCUT2D eigenvalue weighted by Crippen LogP contribution is 2.28. The lowest BCUT2D eigenvalue weighted by Gasteiger charge is -2.24. The van der Waals surface area contributed by atoms with Gasteiger partial charge in [0.05, 0.1) is 6.54 Å². The van der Waals surface area contributed by atoms with Crippen LogP contribution in [0.15, 0.2) is 12.4 Å². The molecule has 1 saturated carbocycles. The van der Waals surface area contributed by atoms with E-state index in [1.165, 1.54) is 38.6 Å². The van der Waals surface area contributed by atoms with Crippen molar-refractivity contribution in [2.45, 2.75) is 44.7 Å². The molecule has 0 radical (unpaired) electrons. The molecule has 0 unspecified atom stereocenters. The molecule has 1 aliphatic heterocycles. The Morgan fingerprint density at radius 2 is 2.17 bits per heavy atom. The average Bonchev–Trinajstić information content (AvgIpc) is 3.26. The van der Waals surface area contributed by atoms with Crippen LogP contribution in [0.2, 0.25) is 0 Å². The normalized spacial score (nSPS) is 22.6. The highest BCUT2D eigenvalue weighted by Gasteiger charge is 2.30. The lowest BCUT2D eigenvalue weighted by atomic mass is 10.1. The Hall–Kier alpha value is -1.56. The molecule has 1 aromatic heterocycles. The van der Waals surface area contributed by atoms with E-state index in [9.17, 15) is 4.79 Å². The highest BCUT2D eigenvalue weighted by molar-refractivity contribution is 5.73. The topological polar surface area (TPSA) is 53.4 Å². The second-order valence-electron chi connectivity index (χ2n) is 7.08. The second-order valence-corrected chi connectivity index (χ2v) is 7.08. The van der Waals surface area contributed by atoms with E-state index in [1.807, 2.05) is 24.9 Å². The minimum Gasteiger partial charge on any atom is -0.338 e. The lowest BCUT2D eigenvalue weighted by Crippen LogP contribution is -2.40. The number of nitrogens with one attached hydrogen (secondary N) is 1. The largest absolute Gasteiger partial charge is 0.338 e. The molecule has 2 heterocycles. The average molecular weight is 319 g/mol. The van der Waals surface area contributed by atoms with Gasteiger partial charge in [-0.2, -0.15) is 0 Å². The summed E-state index contributed by atoms with van der Waals surface area (Å²) >= 11 is 0. The number of likely N-dealkylation sites (tertiary alicyclic amines) is 1. The summed E-state index contributed by atoms with van der Waals surface area (Å²) in [4.78, 5) is 20.8. The summed E-state index contributed by atoms with van der Waals surface area (Å²) in [6.07, 6.45) is 10.4. The molecule has 0 spiro atoms. The van der Waals surface area contributed by atoms with Gasteiger partial charge in [-0.1, -0.05) is 12.8 Å². The van der Waals surface area contributed by atoms with Gasteiger partial charge in [0.2, 0.25) is 0 Å². The Balaban J connectivity index is 1.39. The predicted octanol–water partition coefficient (Wildman–Crippen LogP) is 1.83. The molecule has 1 atom stereocenters. The van der Waals surface area contributed by atoms with Crippen LogP contribution in [0.4, 0.5) is 4.79 Å². The van der Waals surface area contributed by atoms with Gasteiger partial charge in [0.1, 0.15) is 5.82 Å². The molecule has 0 bridgehead atoms. The Morgan fingerprint density at radius 1 is 1.39 bits per heavy atom. The van der Waals surface area contributed by atoms with Gasteiger partial charge >= 0.3 is 6.03 Å². The first kappa shape index (κ1) is 16.3. The summed E-state index contributed by atoms with van der Waals surface area (Å²) < 4.78 is 1.94. The Labute approximate surface area is 138 Å². The molecule has 2 fully saturated rings. The zero-order valence-corrected chi connectivity index (χ0v) is 14.4. The fourth-order valence-corrected chi connectivity index (χ4v) is 3.83. The van der Waals surface area contributed by atoms with Gasteiger partial charge in [0.15, 0.2) is 0 Å². The van der Waals surface area contributed by atoms with E-state index in [0.29, 0.717) is 12.5 Å². The van der Waals surface area contributed by atoms with Gasteiger partial charge in [-0.25, -0.2) is 9.78 Å². The number of nitrogens with zero attached hydrogens (tertiary/aromatic N) is 4. The summed E-state index contributed by atoms with van der Waals surface area (Å²) in [5.41, 5.74) is 0. The maximum Gasteiger partial charge on any atom is 0.317 e. The van der Waals surface area contributed by atoms with Crippen molar-refractivity contribution in [3.63, 3.8) is 0 Å². The highest BCUT2D eigenvalue weighted by atomic mass is 16.2. The van der Waals surface area contributed by atoms with E-state index in [-0.39, 0.29) is 6.03 Å². The summed E-state index contributed by atoms with van der Waals surface area (Å²) in [5.74, 6) is 1.50. The fourth-order valence-electron chi connectivity index (χ4n) is 3.83. The first-order valence-electron chi connectivity index (χ1n) is 8.82. The Bertz CT molecular complexity index is 523. The molecule has 1 saturated heterocycles. The molecule has 1 N–H and O–H groups in total. The van der Waals surface area contributed by atoms with Crippen LogP contribution < -0.4 is 5.32 Å². The number of hydrogen-bond acceptors (Lipinski definition) is 3. The monoisotopic (exact) mass is 319 g/mol. The van der Waals surface area contributed by atoms with E-state index in [2.05, 4.69) is 15.2 Å². The van der Waals surface area contributed by atoms with E-state index in [0.717, 1.165) is 25.0 Å². The number of urea groups is 1. The van der Waals surface area contributed by atoms with Crippen molar-refractivity contribution in [2.24, 2.45) is 13.0 Å². The number of amides is 2. The number of imidazole rings is 1. The van der Waals surface area contributed by atoms with Gasteiger partial charge in [-0.05, 0) is 31.7 Å². The molecule has 0 aromatic carbocycles. The number of carbonyl (C=O) groups excluding carboxylic acids is 1. The van der Waals surface area contributed by atoms with E-state index in [1.54, 1.807) is 11.1 Å². The van der Waals surface area contributed by atoms with E-state index < -0.39 is 0 Å². The molecule has 2 amide bonds. The number of aromatic nitrogens is 2. The smallest absolute Gasteiger partial charge is 0.317 e. The third kappa shape index (κ3) is 4.05. The second kappa shape index (κ2) is 7.34. The van der Waals surface area contributed by atoms with Crippen LogP contribution in [0.25, 0.3) is 0 Å². The zero-order chi connectivity index (χ0) is 16.2. The first-order valence-corrected chi connectivity index (χ1v) is 8.82. The molecule has 6 heteroatoms. The van der Waals surface area contributed by atoms with Crippen LogP contribution in [-0.2, 0) is 13.6 Å². The van der Waals surface area contributed by atoms with Crippen molar-refractivity contribution < 1.29 is 4.79 Å². The van der Waals surface area contributed by atoms with Gasteiger partial charge < -0.3 is 19.7 Å². The molecule has 3 rings (SSSR count). The van der Waals surface area contributed by atoms with Gasteiger partial charge in [0.25, 0.3) is 0 Å². The summed E-state index contributed by atoms with van der Waals surface area (Å²) in [6, 6.07) is 0.800. The molecule has 128 valence electrons. The molecule has 6 nitrogen and oxygen atoms in total. The van der Waals surface area contributed by atoms with E-state index >= 15 is 0 Å². The summed E-state index contributed by atoms with van der Waals surface area (Å²) in [6.45, 7) is 3.67. The maximum atomic E-state index is 12.2. The molecular weight excluding hydrogens is 290 g/mol. The van der Waals surface area contributed by atoms with Crippen molar-refractivity contribution in [1.29, 1.82) is 0 Å². The van der Waals surface area contributed by atoms with Crippen LogP contribution in [-0.4, -0.2) is 58.1 Å². The molecule has 1 aliphatic carbocycles. The van der Waals surface area contributed by atoms with Crippen molar-refractivity contribution in [3.8, 4) is 0 Å².